The minimum absolute atomic E-state index is 0.00773. The van der Waals surface area contributed by atoms with Gasteiger partial charge in [-0.2, -0.15) is 0 Å². The first-order valence-electron chi connectivity index (χ1n) is 5.48. The van der Waals surface area contributed by atoms with Crippen molar-refractivity contribution >= 4 is 5.69 Å². The Bertz CT molecular complexity index is 612. The molecule has 100 valence electrons. The predicted octanol–water partition coefficient (Wildman–Crippen LogP) is 1.43. The molecule has 0 fully saturated rings. The van der Waals surface area contributed by atoms with Gasteiger partial charge in [-0.15, -0.1) is 5.10 Å². The van der Waals surface area contributed by atoms with Crippen LogP contribution in [0.4, 0.5) is 10.1 Å². The van der Waals surface area contributed by atoms with Crippen LogP contribution in [0.1, 0.15) is 24.3 Å². The van der Waals surface area contributed by atoms with Crippen LogP contribution >= 0.6 is 0 Å². The highest BCUT2D eigenvalue weighted by Crippen LogP contribution is 2.20. The minimum Gasteiger partial charge on any atom is -0.387 e. The lowest BCUT2D eigenvalue weighted by atomic mass is 10.2. The summed E-state index contributed by atoms with van der Waals surface area (Å²) in [5, 5.41) is 27.6. The molecule has 1 unspecified atom stereocenters. The Hall–Kier alpha value is -2.35. The Morgan fingerprint density at radius 2 is 2.32 bits per heavy atom. The molecular formula is C11H11FN4O3. The molecule has 2 rings (SSSR count). The van der Waals surface area contributed by atoms with Crippen LogP contribution in [0.15, 0.2) is 24.4 Å². The van der Waals surface area contributed by atoms with E-state index >= 15 is 0 Å². The molecule has 1 N–H and O–H groups in total. The number of rotatable bonds is 4. The lowest BCUT2D eigenvalue weighted by Crippen LogP contribution is -2.04. The summed E-state index contributed by atoms with van der Waals surface area (Å²) in [6, 6.07) is 3.23. The zero-order valence-electron chi connectivity index (χ0n) is 10.0. The molecule has 0 amide bonds. The van der Waals surface area contributed by atoms with Crippen molar-refractivity contribution in [2.45, 2.75) is 19.6 Å². The van der Waals surface area contributed by atoms with Crippen molar-refractivity contribution in [3.05, 3.63) is 51.6 Å². The van der Waals surface area contributed by atoms with Crippen molar-refractivity contribution in [2.75, 3.05) is 0 Å². The van der Waals surface area contributed by atoms with E-state index in [1.807, 2.05) is 0 Å². The van der Waals surface area contributed by atoms with Gasteiger partial charge >= 0.3 is 0 Å². The fraction of sp³-hybridized carbons (Fsp3) is 0.273. The number of aliphatic hydroxyl groups excluding tert-OH is 1. The van der Waals surface area contributed by atoms with Crippen LogP contribution in [0.5, 0.6) is 0 Å². The number of benzene rings is 1. The average molecular weight is 266 g/mol. The molecule has 2 aromatic rings. The van der Waals surface area contributed by atoms with Crippen molar-refractivity contribution < 1.29 is 14.4 Å². The fourth-order valence-corrected chi connectivity index (χ4v) is 1.62. The molecule has 8 heteroatoms. The normalized spacial score (nSPS) is 12.4. The van der Waals surface area contributed by atoms with Crippen molar-refractivity contribution in [3.63, 3.8) is 0 Å². The maximum absolute atomic E-state index is 13.1. The maximum Gasteiger partial charge on any atom is 0.274 e. The van der Waals surface area contributed by atoms with Crippen molar-refractivity contribution in [3.8, 4) is 0 Å². The number of hydrogen-bond donors (Lipinski definition) is 1. The highest BCUT2D eigenvalue weighted by atomic mass is 19.1. The topological polar surface area (TPSA) is 94.1 Å². The second kappa shape index (κ2) is 5.11. The summed E-state index contributed by atoms with van der Waals surface area (Å²) >= 11 is 0. The zero-order valence-corrected chi connectivity index (χ0v) is 10.0. The number of hydrogen-bond acceptors (Lipinski definition) is 5. The van der Waals surface area contributed by atoms with Gasteiger partial charge in [-0.05, 0) is 19.1 Å². The molecule has 1 atom stereocenters. The number of halogens is 1. The van der Waals surface area contributed by atoms with Crippen molar-refractivity contribution in [1.82, 2.24) is 15.0 Å². The fourth-order valence-electron chi connectivity index (χ4n) is 1.62. The largest absolute Gasteiger partial charge is 0.387 e. The van der Waals surface area contributed by atoms with Gasteiger partial charge in [0.25, 0.3) is 5.69 Å². The summed E-state index contributed by atoms with van der Waals surface area (Å²) in [5.74, 6) is -0.559. The van der Waals surface area contributed by atoms with Crippen molar-refractivity contribution in [1.29, 1.82) is 0 Å². The Morgan fingerprint density at radius 1 is 1.58 bits per heavy atom. The SMILES string of the molecule is CC(O)c1cn(Cc2cc(F)ccc2[N+](=O)[O-])nn1. The molecule has 1 heterocycles. The van der Waals surface area contributed by atoms with E-state index in [-0.39, 0.29) is 17.8 Å². The quantitative estimate of drug-likeness (QED) is 0.667. The van der Waals surface area contributed by atoms with Gasteiger partial charge in [0, 0.05) is 6.07 Å². The van der Waals surface area contributed by atoms with Gasteiger partial charge in [0.2, 0.25) is 0 Å². The molecule has 0 saturated heterocycles. The first-order chi connectivity index (χ1) is 8.97. The van der Waals surface area contributed by atoms with Gasteiger partial charge < -0.3 is 5.11 Å². The zero-order chi connectivity index (χ0) is 14.0. The van der Waals surface area contributed by atoms with E-state index in [1.165, 1.54) is 17.8 Å². The monoisotopic (exact) mass is 266 g/mol. The molecule has 7 nitrogen and oxygen atoms in total. The lowest BCUT2D eigenvalue weighted by molar-refractivity contribution is -0.385. The average Bonchev–Trinajstić information content (AvgIpc) is 2.77. The molecule has 0 radical (unpaired) electrons. The van der Waals surface area contributed by atoms with Gasteiger partial charge in [-0.1, -0.05) is 5.21 Å². The smallest absolute Gasteiger partial charge is 0.274 e. The maximum atomic E-state index is 13.1. The summed E-state index contributed by atoms with van der Waals surface area (Å²) in [6.07, 6.45) is 0.676. The third kappa shape index (κ3) is 2.91. The number of nitro groups is 1. The highest BCUT2D eigenvalue weighted by Gasteiger charge is 2.16. The van der Waals surface area contributed by atoms with Gasteiger partial charge in [0.15, 0.2) is 0 Å². The summed E-state index contributed by atoms with van der Waals surface area (Å²) < 4.78 is 14.4. The minimum atomic E-state index is -0.781. The third-order valence-electron chi connectivity index (χ3n) is 2.55. The lowest BCUT2D eigenvalue weighted by Gasteiger charge is -2.03. The first-order valence-corrected chi connectivity index (χ1v) is 5.48. The first kappa shape index (κ1) is 13.1. The van der Waals surface area contributed by atoms with Gasteiger partial charge in [0.1, 0.15) is 11.5 Å². The van der Waals surface area contributed by atoms with Crippen LogP contribution in [-0.4, -0.2) is 25.0 Å². The standard InChI is InChI=1S/C11H11FN4O3/c1-7(17)10-6-15(14-13-10)5-8-4-9(12)2-3-11(8)16(18)19/h2-4,6-7,17H,5H2,1H3. The molecule has 19 heavy (non-hydrogen) atoms. The van der Waals surface area contributed by atoms with E-state index in [1.54, 1.807) is 0 Å². The van der Waals surface area contributed by atoms with Crippen LogP contribution in [0, 0.1) is 15.9 Å². The van der Waals surface area contributed by atoms with Gasteiger partial charge in [-0.3, -0.25) is 10.1 Å². The van der Waals surface area contributed by atoms with Crippen LogP contribution in [0.25, 0.3) is 0 Å². The Kier molecular flexibility index (Phi) is 3.52. The summed E-state index contributed by atoms with van der Waals surface area (Å²) in [5.41, 5.74) is 0.349. The molecule has 0 bridgehead atoms. The highest BCUT2D eigenvalue weighted by molar-refractivity contribution is 5.40. The van der Waals surface area contributed by atoms with Gasteiger partial charge in [0.05, 0.1) is 29.3 Å². The Labute approximate surface area is 107 Å². The number of nitrogens with zero attached hydrogens (tertiary/aromatic N) is 4. The number of nitro benzene ring substituents is 1. The molecule has 0 aliphatic carbocycles. The molecule has 0 aliphatic heterocycles. The summed E-state index contributed by atoms with van der Waals surface area (Å²) in [4.78, 5) is 10.3. The molecule has 1 aromatic carbocycles. The molecule has 0 aliphatic rings. The number of aromatic nitrogens is 3. The van der Waals surface area contributed by atoms with E-state index < -0.39 is 16.8 Å². The van der Waals surface area contributed by atoms with Crippen LogP contribution in [-0.2, 0) is 6.54 Å². The van der Waals surface area contributed by atoms with Gasteiger partial charge in [-0.25, -0.2) is 9.07 Å². The third-order valence-corrected chi connectivity index (χ3v) is 2.55. The van der Waals surface area contributed by atoms with E-state index in [4.69, 9.17) is 0 Å². The van der Waals surface area contributed by atoms with E-state index in [0.717, 1.165) is 18.2 Å². The second-order valence-electron chi connectivity index (χ2n) is 4.05. The molecule has 0 spiro atoms. The second-order valence-corrected chi connectivity index (χ2v) is 4.05. The van der Waals surface area contributed by atoms with Crippen LogP contribution in [0.3, 0.4) is 0 Å². The summed E-state index contributed by atoms with van der Waals surface area (Å²) in [6.45, 7) is 1.53. The van der Waals surface area contributed by atoms with E-state index in [0.29, 0.717) is 5.69 Å². The summed E-state index contributed by atoms with van der Waals surface area (Å²) in [7, 11) is 0. The van der Waals surface area contributed by atoms with Crippen LogP contribution in [0.2, 0.25) is 0 Å². The number of aliphatic hydroxyl groups is 1. The predicted molar refractivity (Wildman–Crippen MR) is 62.8 cm³/mol. The Morgan fingerprint density at radius 3 is 2.89 bits per heavy atom. The molecule has 1 aromatic heterocycles. The van der Waals surface area contributed by atoms with Crippen molar-refractivity contribution in [2.24, 2.45) is 0 Å². The van der Waals surface area contributed by atoms with E-state index in [9.17, 15) is 19.6 Å². The molecular weight excluding hydrogens is 255 g/mol. The molecule has 0 saturated carbocycles. The van der Waals surface area contributed by atoms with E-state index in [2.05, 4.69) is 10.3 Å². The Balaban J connectivity index is 2.31. The van der Waals surface area contributed by atoms with Crippen LogP contribution < -0.4 is 0 Å².